The molecule has 3 heterocycles. The topological polar surface area (TPSA) is 103 Å². The Morgan fingerprint density at radius 2 is 1.74 bits per heavy atom. The molecule has 1 fully saturated rings. The van der Waals surface area contributed by atoms with Crippen molar-refractivity contribution < 1.29 is 23.9 Å². The molecule has 0 spiro atoms. The van der Waals surface area contributed by atoms with Crippen LogP contribution < -0.4 is 19.5 Å². The van der Waals surface area contributed by atoms with Crippen LogP contribution in [0.1, 0.15) is 28.4 Å². The SMILES string of the molecule is O=C(c1ccccc1)N1CC[C@@H]2[C@H](Nc3ccc([N+](=O)[O-])cc3)c3cc4c(cc3O[C@@H]21)OCO4. The second kappa shape index (κ2) is 7.95. The quantitative estimate of drug-likeness (QED) is 0.457. The minimum atomic E-state index is -0.462. The number of hydrogen-bond donors (Lipinski definition) is 1. The maximum atomic E-state index is 13.3. The van der Waals surface area contributed by atoms with E-state index in [0.717, 1.165) is 17.7 Å². The van der Waals surface area contributed by atoms with Gasteiger partial charge in [0.15, 0.2) is 17.7 Å². The van der Waals surface area contributed by atoms with Gasteiger partial charge in [-0.25, -0.2) is 0 Å². The number of anilines is 1. The maximum absolute atomic E-state index is 13.3. The Balaban J connectivity index is 1.36. The summed E-state index contributed by atoms with van der Waals surface area (Å²) in [7, 11) is 0. The van der Waals surface area contributed by atoms with Crippen LogP contribution in [0.15, 0.2) is 66.7 Å². The number of carbonyl (C=O) groups excluding carboxylic acids is 1. The van der Waals surface area contributed by atoms with Gasteiger partial charge in [-0.2, -0.15) is 0 Å². The molecule has 1 N–H and O–H groups in total. The average Bonchev–Trinajstić information content (AvgIpc) is 3.50. The molecule has 34 heavy (non-hydrogen) atoms. The molecule has 9 heteroatoms. The van der Waals surface area contributed by atoms with Crippen molar-refractivity contribution in [2.45, 2.75) is 18.7 Å². The number of amides is 1. The third kappa shape index (κ3) is 3.37. The van der Waals surface area contributed by atoms with E-state index in [4.69, 9.17) is 14.2 Å². The largest absolute Gasteiger partial charge is 0.470 e. The van der Waals surface area contributed by atoms with E-state index in [1.807, 2.05) is 30.3 Å². The summed E-state index contributed by atoms with van der Waals surface area (Å²) >= 11 is 0. The number of hydrogen-bond acceptors (Lipinski definition) is 7. The van der Waals surface area contributed by atoms with Crippen LogP contribution in [0.5, 0.6) is 17.2 Å². The molecule has 0 bridgehead atoms. The summed E-state index contributed by atoms with van der Waals surface area (Å²) in [5.41, 5.74) is 2.29. The molecule has 3 aliphatic heterocycles. The molecule has 3 aliphatic rings. The van der Waals surface area contributed by atoms with Gasteiger partial charge in [-0.15, -0.1) is 0 Å². The highest BCUT2D eigenvalue weighted by Gasteiger charge is 2.48. The summed E-state index contributed by atoms with van der Waals surface area (Å²) in [6.07, 6.45) is 0.276. The van der Waals surface area contributed by atoms with Crippen LogP contribution in [-0.2, 0) is 0 Å². The van der Waals surface area contributed by atoms with Gasteiger partial charge in [0.05, 0.1) is 11.0 Å². The van der Waals surface area contributed by atoms with E-state index < -0.39 is 11.2 Å². The summed E-state index contributed by atoms with van der Waals surface area (Å²) in [5, 5.41) is 14.6. The first-order valence-corrected chi connectivity index (χ1v) is 11.1. The zero-order valence-electron chi connectivity index (χ0n) is 18.0. The molecule has 1 amide bonds. The predicted molar refractivity (Wildman–Crippen MR) is 122 cm³/mol. The fraction of sp³-hybridized carbons (Fsp3) is 0.240. The average molecular weight is 459 g/mol. The highest BCUT2D eigenvalue weighted by Crippen LogP contribution is 2.50. The van der Waals surface area contributed by atoms with Crippen molar-refractivity contribution in [1.29, 1.82) is 0 Å². The van der Waals surface area contributed by atoms with Crippen molar-refractivity contribution in [3.63, 3.8) is 0 Å². The molecular formula is C25H21N3O6. The number of nitrogens with zero attached hydrogens (tertiary/aromatic N) is 2. The van der Waals surface area contributed by atoms with Crippen molar-refractivity contribution in [2.24, 2.45) is 5.92 Å². The number of carbonyl (C=O) groups is 1. The van der Waals surface area contributed by atoms with Crippen LogP contribution in [-0.4, -0.2) is 35.3 Å². The predicted octanol–water partition coefficient (Wildman–Crippen LogP) is 4.36. The van der Waals surface area contributed by atoms with E-state index in [9.17, 15) is 14.9 Å². The van der Waals surface area contributed by atoms with E-state index in [1.54, 1.807) is 29.2 Å². The van der Waals surface area contributed by atoms with Crippen molar-refractivity contribution in [2.75, 3.05) is 18.7 Å². The summed E-state index contributed by atoms with van der Waals surface area (Å²) in [5.74, 6) is 1.76. The minimum absolute atomic E-state index is 0.0275. The summed E-state index contributed by atoms with van der Waals surface area (Å²) < 4.78 is 17.5. The minimum Gasteiger partial charge on any atom is -0.470 e. The zero-order chi connectivity index (χ0) is 23.2. The lowest BCUT2D eigenvalue weighted by molar-refractivity contribution is -0.384. The van der Waals surface area contributed by atoms with Gasteiger partial charge >= 0.3 is 0 Å². The third-order valence-corrected chi connectivity index (χ3v) is 6.57. The molecule has 6 rings (SSSR count). The molecule has 0 unspecified atom stereocenters. The highest BCUT2D eigenvalue weighted by molar-refractivity contribution is 5.94. The van der Waals surface area contributed by atoms with E-state index >= 15 is 0 Å². The molecule has 0 saturated carbocycles. The van der Waals surface area contributed by atoms with E-state index in [-0.39, 0.29) is 30.3 Å². The first-order chi connectivity index (χ1) is 16.6. The summed E-state index contributed by atoms with van der Waals surface area (Å²) in [6, 6.07) is 19.0. The number of nitro groups is 1. The van der Waals surface area contributed by atoms with Crippen LogP contribution >= 0.6 is 0 Å². The Bertz CT molecular complexity index is 1260. The van der Waals surface area contributed by atoms with E-state index in [1.165, 1.54) is 12.1 Å². The number of rotatable bonds is 4. The summed E-state index contributed by atoms with van der Waals surface area (Å²) in [4.78, 5) is 25.7. The first kappa shape index (κ1) is 20.3. The molecule has 172 valence electrons. The maximum Gasteiger partial charge on any atom is 0.269 e. The van der Waals surface area contributed by atoms with Crippen molar-refractivity contribution in [1.82, 2.24) is 4.90 Å². The zero-order valence-corrected chi connectivity index (χ0v) is 18.0. The fourth-order valence-corrected chi connectivity index (χ4v) is 4.92. The molecular weight excluding hydrogens is 438 g/mol. The lowest BCUT2D eigenvalue weighted by Gasteiger charge is -2.39. The number of nitro benzene ring substituents is 1. The number of nitrogens with one attached hydrogen (secondary N) is 1. The normalized spacial score (nSPS) is 21.9. The van der Waals surface area contributed by atoms with Crippen LogP contribution in [0.2, 0.25) is 0 Å². The Morgan fingerprint density at radius 3 is 2.47 bits per heavy atom. The monoisotopic (exact) mass is 459 g/mol. The third-order valence-electron chi connectivity index (χ3n) is 6.57. The molecule has 3 aromatic carbocycles. The molecule has 9 nitrogen and oxygen atoms in total. The molecule has 3 aromatic rings. The lowest BCUT2D eigenvalue weighted by atomic mass is 9.87. The van der Waals surface area contributed by atoms with E-state index in [0.29, 0.717) is 29.4 Å². The Kier molecular flexibility index (Phi) is 4.75. The summed E-state index contributed by atoms with van der Waals surface area (Å²) in [6.45, 7) is 0.701. The van der Waals surface area contributed by atoms with Crippen molar-refractivity contribution >= 4 is 17.3 Å². The molecule has 0 aromatic heterocycles. The molecule has 3 atom stereocenters. The number of fused-ring (bicyclic) bond motifs is 3. The molecule has 1 saturated heterocycles. The van der Waals surface area contributed by atoms with Gasteiger partial charge in [-0.05, 0) is 36.8 Å². The first-order valence-electron chi connectivity index (χ1n) is 11.1. The van der Waals surface area contributed by atoms with Gasteiger partial charge in [-0.1, -0.05) is 18.2 Å². The second-order valence-corrected chi connectivity index (χ2v) is 8.49. The van der Waals surface area contributed by atoms with Gasteiger partial charge in [0.25, 0.3) is 11.6 Å². The smallest absolute Gasteiger partial charge is 0.269 e. The van der Waals surface area contributed by atoms with Crippen molar-refractivity contribution in [3.05, 3.63) is 88.0 Å². The number of ether oxygens (including phenoxy) is 3. The second-order valence-electron chi connectivity index (χ2n) is 8.49. The van der Waals surface area contributed by atoms with E-state index in [2.05, 4.69) is 5.32 Å². The molecule has 0 aliphatic carbocycles. The van der Waals surface area contributed by atoms with Gasteiger partial charge in [0.1, 0.15) is 5.75 Å². The van der Waals surface area contributed by atoms with Gasteiger partial charge in [0, 0.05) is 47.5 Å². The molecule has 0 radical (unpaired) electrons. The van der Waals surface area contributed by atoms with Gasteiger partial charge in [0.2, 0.25) is 6.79 Å². The van der Waals surface area contributed by atoms with Gasteiger partial charge in [-0.3, -0.25) is 14.9 Å². The van der Waals surface area contributed by atoms with Crippen LogP contribution in [0.25, 0.3) is 0 Å². The van der Waals surface area contributed by atoms with Gasteiger partial charge < -0.3 is 24.4 Å². The number of benzene rings is 3. The number of non-ortho nitro benzene ring substituents is 1. The number of likely N-dealkylation sites (tertiary alicyclic amines) is 1. The van der Waals surface area contributed by atoms with Crippen molar-refractivity contribution in [3.8, 4) is 17.2 Å². The Morgan fingerprint density at radius 1 is 1.00 bits per heavy atom. The fourth-order valence-electron chi connectivity index (χ4n) is 4.92. The highest BCUT2D eigenvalue weighted by atomic mass is 16.7. The van der Waals surface area contributed by atoms with Crippen LogP contribution in [0.4, 0.5) is 11.4 Å². The Labute approximate surface area is 195 Å². The van der Waals surface area contributed by atoms with Crippen LogP contribution in [0.3, 0.4) is 0 Å². The Hall–Kier alpha value is -4.27. The lowest BCUT2D eigenvalue weighted by Crippen LogP contribution is -2.46. The van der Waals surface area contributed by atoms with Crippen LogP contribution in [0, 0.1) is 16.0 Å². The standard InChI is InChI=1S/C25H21N3O6/c29-24(15-4-2-1-3-5-15)27-11-10-18-23(26-16-6-8-17(9-7-16)28(30)31)19-12-21-22(33-14-32-21)13-20(19)34-25(18)27/h1-9,12-13,18,23,25-26H,10-11,14H2/t18-,23+,25+/m1/s1.